The molecule has 12 heteroatoms. The van der Waals surface area contributed by atoms with Crippen molar-refractivity contribution < 1.29 is 42.4 Å². The highest BCUT2D eigenvalue weighted by molar-refractivity contribution is 5.85. The van der Waals surface area contributed by atoms with Crippen LogP contribution in [0.4, 0.5) is 13.2 Å². The molecule has 0 radical (unpaired) electrons. The lowest BCUT2D eigenvalue weighted by Crippen LogP contribution is -2.42. The molecular formula is C33H40F3N3O6. The van der Waals surface area contributed by atoms with Crippen LogP contribution < -0.4 is 9.47 Å². The Morgan fingerprint density at radius 3 is 2.42 bits per heavy atom. The van der Waals surface area contributed by atoms with Crippen molar-refractivity contribution >= 4 is 16.9 Å². The topological polar surface area (TPSA) is 105 Å². The molecule has 2 aliphatic heterocycles. The number of aromatic nitrogens is 1. The van der Waals surface area contributed by atoms with Crippen LogP contribution in [0, 0.1) is 22.9 Å². The number of methoxy groups -OCH3 is 1. The number of ether oxygens (including phenoxy) is 3. The predicted octanol–water partition coefficient (Wildman–Crippen LogP) is 4.94. The number of morpholine rings is 1. The number of aliphatic carboxylic acids is 1. The number of halogens is 3. The van der Waals surface area contributed by atoms with Crippen molar-refractivity contribution in [2.24, 2.45) is 5.41 Å². The highest BCUT2D eigenvalue weighted by Crippen LogP contribution is 2.42. The third kappa shape index (κ3) is 8.23. The number of carboxylic acids is 1. The van der Waals surface area contributed by atoms with Crippen molar-refractivity contribution in [3.05, 3.63) is 65.1 Å². The molecule has 9 nitrogen and oxygen atoms in total. The van der Waals surface area contributed by atoms with Crippen molar-refractivity contribution in [1.82, 2.24) is 14.8 Å². The molecule has 2 fully saturated rings. The summed E-state index contributed by atoms with van der Waals surface area (Å²) in [5.74, 6) is -4.47. The summed E-state index contributed by atoms with van der Waals surface area (Å²) in [6, 6.07) is 7.23. The normalized spacial score (nSPS) is 18.2. The van der Waals surface area contributed by atoms with Gasteiger partial charge in [0.05, 0.1) is 38.4 Å². The Bertz CT molecular complexity index is 1450. The first-order chi connectivity index (χ1) is 21.7. The zero-order valence-electron chi connectivity index (χ0n) is 25.4. The fourth-order valence-electron chi connectivity index (χ4n) is 6.46. The summed E-state index contributed by atoms with van der Waals surface area (Å²) >= 11 is 0. The number of fused-ring (bicyclic) bond motifs is 1. The van der Waals surface area contributed by atoms with E-state index in [-0.39, 0.29) is 18.8 Å². The van der Waals surface area contributed by atoms with E-state index in [0.717, 1.165) is 47.3 Å². The number of rotatable bonds is 13. The molecule has 244 valence electrons. The zero-order chi connectivity index (χ0) is 32.0. The van der Waals surface area contributed by atoms with Gasteiger partial charge in [-0.3, -0.25) is 19.6 Å². The number of carbonyl (C=O) groups is 1. The van der Waals surface area contributed by atoms with Gasteiger partial charge < -0.3 is 24.4 Å². The number of pyridine rings is 1. The quantitative estimate of drug-likeness (QED) is 0.254. The largest absolute Gasteiger partial charge is 0.497 e. The molecule has 1 aromatic heterocycles. The standard InChI is InChI=1S/C33H40F3N3O6/c1-43-23-2-3-28-25(16-23)31(22(20-37-28)21-39-10-13-44-14-11-39)29(40)4-5-33(19-30(41)42)6-8-38(9-7-33)12-15-45-24-17-26(34)32(36)27(35)18-24/h2-3,16-18,20,29,40H,4-15,19,21H2,1H3,(H,41,42). The second-order valence-electron chi connectivity index (χ2n) is 12.0. The summed E-state index contributed by atoms with van der Waals surface area (Å²) < 4.78 is 56.7. The van der Waals surface area contributed by atoms with E-state index in [9.17, 15) is 28.2 Å². The molecule has 2 saturated heterocycles. The number of nitrogens with zero attached hydrogens (tertiary/aromatic N) is 3. The van der Waals surface area contributed by atoms with Crippen molar-refractivity contribution in [1.29, 1.82) is 0 Å². The third-order valence-corrected chi connectivity index (χ3v) is 9.05. The molecule has 3 heterocycles. The maximum Gasteiger partial charge on any atom is 0.303 e. The molecule has 0 aliphatic carbocycles. The lowest BCUT2D eigenvalue weighted by Gasteiger charge is -2.41. The van der Waals surface area contributed by atoms with Crippen LogP contribution in [0.5, 0.6) is 11.5 Å². The van der Waals surface area contributed by atoms with E-state index in [0.29, 0.717) is 70.8 Å². The number of likely N-dealkylation sites (tertiary alicyclic amines) is 1. The fourth-order valence-corrected chi connectivity index (χ4v) is 6.46. The highest BCUT2D eigenvalue weighted by atomic mass is 19.2. The number of aliphatic hydroxyl groups is 1. The highest BCUT2D eigenvalue weighted by Gasteiger charge is 2.37. The van der Waals surface area contributed by atoms with E-state index in [1.807, 2.05) is 24.4 Å². The van der Waals surface area contributed by atoms with Crippen molar-refractivity contribution in [3.63, 3.8) is 0 Å². The van der Waals surface area contributed by atoms with Gasteiger partial charge in [0.15, 0.2) is 17.5 Å². The molecule has 1 unspecified atom stereocenters. The van der Waals surface area contributed by atoms with Crippen molar-refractivity contribution in [2.75, 3.05) is 59.7 Å². The Balaban J connectivity index is 1.26. The SMILES string of the molecule is COc1ccc2ncc(CN3CCOCC3)c(C(O)CCC3(CC(=O)O)CCN(CCOc4cc(F)c(F)c(F)c4)CC3)c2c1. The van der Waals surface area contributed by atoms with E-state index in [2.05, 4.69) is 14.8 Å². The summed E-state index contributed by atoms with van der Waals surface area (Å²) in [7, 11) is 1.60. The third-order valence-electron chi connectivity index (χ3n) is 9.05. The molecule has 3 aromatic rings. The molecule has 2 aliphatic rings. The smallest absolute Gasteiger partial charge is 0.303 e. The first-order valence-electron chi connectivity index (χ1n) is 15.3. The summed E-state index contributed by atoms with van der Waals surface area (Å²) in [4.78, 5) is 21.0. The summed E-state index contributed by atoms with van der Waals surface area (Å²) in [5.41, 5.74) is 1.96. The Kier molecular flexibility index (Phi) is 10.8. The van der Waals surface area contributed by atoms with Gasteiger partial charge in [-0.15, -0.1) is 0 Å². The van der Waals surface area contributed by atoms with Crippen LogP contribution in [0.25, 0.3) is 10.9 Å². The Morgan fingerprint density at radius 1 is 1.04 bits per heavy atom. The van der Waals surface area contributed by atoms with Gasteiger partial charge in [0, 0.05) is 49.9 Å². The summed E-state index contributed by atoms with van der Waals surface area (Å²) in [5, 5.41) is 22.4. The maximum absolute atomic E-state index is 13.5. The van der Waals surface area contributed by atoms with Gasteiger partial charge in [-0.25, -0.2) is 13.2 Å². The van der Waals surface area contributed by atoms with Gasteiger partial charge >= 0.3 is 5.97 Å². The Hall–Kier alpha value is -3.45. The fraction of sp³-hybridized carbons (Fsp3) is 0.515. The monoisotopic (exact) mass is 631 g/mol. The zero-order valence-corrected chi connectivity index (χ0v) is 25.4. The van der Waals surface area contributed by atoms with Gasteiger partial charge in [0.2, 0.25) is 0 Å². The number of carboxylic acid groups (broad SMARTS) is 1. The Morgan fingerprint density at radius 2 is 1.76 bits per heavy atom. The molecule has 0 bridgehead atoms. The minimum absolute atomic E-state index is 0.0102. The second kappa shape index (κ2) is 14.8. The first kappa shape index (κ1) is 32.9. The average Bonchev–Trinajstić information content (AvgIpc) is 3.03. The van der Waals surface area contributed by atoms with Gasteiger partial charge in [-0.05, 0) is 73.5 Å². The number of hydrogen-bond donors (Lipinski definition) is 2. The molecule has 2 aromatic carbocycles. The molecule has 5 rings (SSSR count). The van der Waals surface area contributed by atoms with Crippen molar-refractivity contribution in [2.45, 2.75) is 44.8 Å². The number of aliphatic hydroxyl groups excluding tert-OH is 1. The molecule has 0 saturated carbocycles. The second-order valence-corrected chi connectivity index (χ2v) is 12.0. The number of piperidine rings is 1. The molecule has 0 spiro atoms. The predicted molar refractivity (Wildman–Crippen MR) is 161 cm³/mol. The van der Waals surface area contributed by atoms with E-state index >= 15 is 0 Å². The van der Waals surface area contributed by atoms with Crippen LogP contribution in [0.15, 0.2) is 36.5 Å². The van der Waals surface area contributed by atoms with Crippen LogP contribution in [-0.2, 0) is 16.1 Å². The lowest BCUT2D eigenvalue weighted by atomic mass is 9.71. The van der Waals surface area contributed by atoms with Crippen LogP contribution in [0.2, 0.25) is 0 Å². The van der Waals surface area contributed by atoms with E-state index in [1.165, 1.54) is 0 Å². The van der Waals surface area contributed by atoms with Crippen LogP contribution in [0.3, 0.4) is 0 Å². The van der Waals surface area contributed by atoms with E-state index in [1.54, 1.807) is 7.11 Å². The van der Waals surface area contributed by atoms with Gasteiger partial charge in [-0.1, -0.05) is 0 Å². The van der Waals surface area contributed by atoms with E-state index < -0.39 is 34.9 Å². The van der Waals surface area contributed by atoms with Crippen molar-refractivity contribution in [3.8, 4) is 11.5 Å². The summed E-state index contributed by atoms with van der Waals surface area (Å²) in [6.07, 6.45) is 3.09. The average molecular weight is 632 g/mol. The number of hydrogen-bond acceptors (Lipinski definition) is 8. The van der Waals surface area contributed by atoms with Crippen LogP contribution in [-0.4, -0.2) is 90.6 Å². The Labute approximate surface area is 260 Å². The first-order valence-corrected chi connectivity index (χ1v) is 15.3. The molecular weight excluding hydrogens is 591 g/mol. The van der Waals surface area contributed by atoms with E-state index in [4.69, 9.17) is 14.2 Å². The lowest BCUT2D eigenvalue weighted by molar-refractivity contribution is -0.141. The maximum atomic E-state index is 13.5. The minimum Gasteiger partial charge on any atom is -0.497 e. The molecule has 2 N–H and O–H groups in total. The minimum atomic E-state index is -1.54. The van der Waals surface area contributed by atoms with Gasteiger partial charge in [0.25, 0.3) is 0 Å². The summed E-state index contributed by atoms with van der Waals surface area (Å²) in [6.45, 7) is 5.30. The van der Waals surface area contributed by atoms with Crippen LogP contribution in [0.1, 0.15) is 49.3 Å². The molecule has 0 amide bonds. The molecule has 45 heavy (non-hydrogen) atoms. The van der Waals surface area contributed by atoms with Crippen LogP contribution >= 0.6 is 0 Å². The van der Waals surface area contributed by atoms with Gasteiger partial charge in [-0.2, -0.15) is 0 Å². The molecule has 1 atom stereocenters. The van der Waals surface area contributed by atoms with Gasteiger partial charge in [0.1, 0.15) is 18.1 Å². The number of benzene rings is 2.